The molecule has 0 fully saturated rings. The number of benzene rings is 3. The lowest BCUT2D eigenvalue weighted by molar-refractivity contribution is -0.137. The topological polar surface area (TPSA) is 42.4 Å². The van der Waals surface area contributed by atoms with Crippen LogP contribution in [0.15, 0.2) is 77.6 Å². The summed E-state index contributed by atoms with van der Waals surface area (Å²) >= 11 is 1.51. The maximum Gasteiger partial charge on any atom is 0.416 e. The predicted octanol–water partition coefficient (Wildman–Crippen LogP) is 6.82. The molecule has 1 aromatic heterocycles. The van der Waals surface area contributed by atoms with Gasteiger partial charge in [-0.3, -0.25) is 4.79 Å². The number of alkyl halides is 3. The Hall–Kier alpha value is -3.65. The third-order valence-electron chi connectivity index (χ3n) is 5.49. The average molecular weight is 466 g/mol. The van der Waals surface area contributed by atoms with Crippen LogP contribution in [0.1, 0.15) is 21.5 Å². The summed E-state index contributed by atoms with van der Waals surface area (Å²) in [5.41, 5.74) is 4.87. The van der Waals surface area contributed by atoms with Gasteiger partial charge in [-0.15, -0.1) is 11.3 Å². The molecule has 2 heterocycles. The van der Waals surface area contributed by atoms with E-state index in [1.807, 2.05) is 29.6 Å². The van der Waals surface area contributed by atoms with Crippen LogP contribution in [0.2, 0.25) is 0 Å². The fraction of sp³-hybridized carbons (Fsp3) is 0.120. The average Bonchev–Trinajstić information content (AvgIpc) is 3.35. The van der Waals surface area contributed by atoms with Crippen LogP contribution in [-0.4, -0.2) is 17.4 Å². The number of anilines is 1. The first-order valence-electron chi connectivity index (χ1n) is 10.2. The highest BCUT2D eigenvalue weighted by Crippen LogP contribution is 2.35. The van der Waals surface area contributed by atoms with Crippen molar-refractivity contribution in [2.24, 2.45) is 0 Å². The van der Waals surface area contributed by atoms with Crippen LogP contribution in [0.4, 0.5) is 18.9 Å². The second-order valence-electron chi connectivity index (χ2n) is 7.54. The third-order valence-corrected chi connectivity index (χ3v) is 6.08. The zero-order chi connectivity index (χ0) is 23.0. The zero-order valence-electron chi connectivity index (χ0n) is 17.2. The highest BCUT2D eigenvalue weighted by Gasteiger charge is 2.31. The number of carbonyl (C=O) groups excluding carboxylic acids is 1. The molecular weight excluding hydrogens is 449 g/mol. The molecule has 0 N–H and O–H groups in total. The predicted molar refractivity (Wildman–Crippen MR) is 121 cm³/mol. The monoisotopic (exact) mass is 466 g/mol. The van der Waals surface area contributed by atoms with Crippen LogP contribution < -0.4 is 9.64 Å². The summed E-state index contributed by atoms with van der Waals surface area (Å²) in [6, 6.07) is 17.4. The summed E-state index contributed by atoms with van der Waals surface area (Å²) in [6.07, 6.45) is -3.85. The Morgan fingerprint density at radius 3 is 2.52 bits per heavy atom. The molecule has 5 rings (SSSR count). The second kappa shape index (κ2) is 8.37. The van der Waals surface area contributed by atoms with Crippen molar-refractivity contribution in [1.29, 1.82) is 0 Å². The van der Waals surface area contributed by atoms with Gasteiger partial charge in [-0.05, 0) is 55.0 Å². The molecule has 0 saturated carbocycles. The molecule has 0 atom stereocenters. The number of amides is 1. The van der Waals surface area contributed by atoms with Crippen molar-refractivity contribution in [3.05, 3.63) is 94.3 Å². The van der Waals surface area contributed by atoms with Crippen molar-refractivity contribution in [3.63, 3.8) is 0 Å². The molecule has 1 aliphatic rings. The van der Waals surface area contributed by atoms with E-state index in [0.29, 0.717) is 24.3 Å². The Morgan fingerprint density at radius 1 is 1.00 bits per heavy atom. The van der Waals surface area contributed by atoms with Gasteiger partial charge in [0.05, 0.1) is 16.8 Å². The number of nitrogens with zero attached hydrogens (tertiary/aromatic N) is 2. The van der Waals surface area contributed by atoms with Gasteiger partial charge in [-0.2, -0.15) is 13.2 Å². The van der Waals surface area contributed by atoms with E-state index in [-0.39, 0.29) is 11.7 Å². The van der Waals surface area contributed by atoms with E-state index in [4.69, 9.17) is 4.74 Å². The van der Waals surface area contributed by atoms with Gasteiger partial charge in [-0.1, -0.05) is 18.2 Å². The van der Waals surface area contributed by atoms with Crippen molar-refractivity contribution in [2.45, 2.75) is 12.6 Å². The Morgan fingerprint density at radius 2 is 1.79 bits per heavy atom. The molecule has 0 spiro atoms. The zero-order valence-corrected chi connectivity index (χ0v) is 18.0. The number of hydrogen-bond acceptors (Lipinski definition) is 4. The van der Waals surface area contributed by atoms with Gasteiger partial charge in [0.1, 0.15) is 11.5 Å². The van der Waals surface area contributed by atoms with E-state index in [2.05, 4.69) is 4.98 Å². The largest absolute Gasteiger partial charge is 0.457 e. The van der Waals surface area contributed by atoms with Crippen molar-refractivity contribution in [3.8, 4) is 22.8 Å². The SMILES string of the molecule is O=C1c2cccc(Oc3ccc(C(F)(F)F)cc3)c2CCN1c1cccc(-c2cscn2)c1. The number of rotatable bonds is 4. The van der Waals surface area contributed by atoms with Gasteiger partial charge in [0.2, 0.25) is 0 Å². The highest BCUT2D eigenvalue weighted by molar-refractivity contribution is 7.07. The molecule has 4 aromatic rings. The number of hydrogen-bond donors (Lipinski definition) is 0. The molecule has 0 saturated heterocycles. The molecule has 3 aromatic carbocycles. The van der Waals surface area contributed by atoms with Gasteiger partial charge in [0.15, 0.2) is 0 Å². The number of halogens is 3. The van der Waals surface area contributed by atoms with Crippen molar-refractivity contribution >= 4 is 22.9 Å². The molecule has 0 unspecified atom stereocenters. The molecule has 4 nitrogen and oxygen atoms in total. The molecule has 166 valence electrons. The molecular formula is C25H17F3N2O2S. The van der Waals surface area contributed by atoms with E-state index in [0.717, 1.165) is 34.6 Å². The minimum atomic E-state index is -4.41. The summed E-state index contributed by atoms with van der Waals surface area (Å²) in [5, 5.41) is 1.96. The standard InChI is InChI=1S/C25H17F3N2O2S/c26-25(27,28)17-7-9-19(10-8-17)32-23-6-2-5-21-20(23)11-12-30(24(21)31)18-4-1-3-16(13-18)22-14-33-15-29-22/h1-10,13-15H,11-12H2. The van der Waals surface area contributed by atoms with E-state index < -0.39 is 11.7 Å². The summed E-state index contributed by atoms with van der Waals surface area (Å²) in [6.45, 7) is 0.458. The fourth-order valence-electron chi connectivity index (χ4n) is 3.86. The smallest absolute Gasteiger partial charge is 0.416 e. The first-order chi connectivity index (χ1) is 15.9. The summed E-state index contributed by atoms with van der Waals surface area (Å²) in [5.74, 6) is 0.600. The lowest BCUT2D eigenvalue weighted by atomic mass is 9.97. The Bertz CT molecular complexity index is 1300. The van der Waals surface area contributed by atoms with E-state index in [1.54, 1.807) is 28.6 Å². The minimum absolute atomic E-state index is 0.149. The second-order valence-corrected chi connectivity index (χ2v) is 8.26. The van der Waals surface area contributed by atoms with Gasteiger partial charge in [-0.25, -0.2) is 4.98 Å². The normalized spacial score (nSPS) is 13.7. The van der Waals surface area contributed by atoms with E-state index >= 15 is 0 Å². The van der Waals surface area contributed by atoms with Crippen LogP contribution in [0, 0.1) is 0 Å². The molecule has 0 bridgehead atoms. The summed E-state index contributed by atoms with van der Waals surface area (Å²) < 4.78 is 44.3. The minimum Gasteiger partial charge on any atom is -0.457 e. The first kappa shape index (κ1) is 21.2. The Balaban J connectivity index is 1.41. The first-order valence-corrected chi connectivity index (χ1v) is 11.1. The number of thiazole rings is 1. The summed E-state index contributed by atoms with van der Waals surface area (Å²) in [4.78, 5) is 19.4. The lowest BCUT2D eigenvalue weighted by Gasteiger charge is -2.30. The summed E-state index contributed by atoms with van der Waals surface area (Å²) in [7, 11) is 0. The molecule has 33 heavy (non-hydrogen) atoms. The van der Waals surface area contributed by atoms with Crippen LogP contribution in [-0.2, 0) is 12.6 Å². The van der Waals surface area contributed by atoms with Crippen molar-refractivity contribution in [1.82, 2.24) is 4.98 Å². The van der Waals surface area contributed by atoms with Gasteiger partial charge in [0, 0.05) is 34.3 Å². The highest BCUT2D eigenvalue weighted by atomic mass is 32.1. The molecule has 0 aliphatic carbocycles. The van der Waals surface area contributed by atoms with Crippen molar-refractivity contribution in [2.75, 3.05) is 11.4 Å². The third kappa shape index (κ3) is 4.21. The van der Waals surface area contributed by atoms with E-state index in [1.165, 1.54) is 23.5 Å². The van der Waals surface area contributed by atoms with Gasteiger partial charge >= 0.3 is 6.18 Å². The Kier molecular flexibility index (Phi) is 5.38. The maximum absolute atomic E-state index is 13.3. The molecule has 1 amide bonds. The number of carbonyl (C=O) groups is 1. The number of aromatic nitrogens is 1. The lowest BCUT2D eigenvalue weighted by Crippen LogP contribution is -2.37. The van der Waals surface area contributed by atoms with Crippen LogP contribution in [0.3, 0.4) is 0 Å². The molecule has 1 aliphatic heterocycles. The number of ether oxygens (including phenoxy) is 1. The van der Waals surface area contributed by atoms with E-state index in [9.17, 15) is 18.0 Å². The van der Waals surface area contributed by atoms with Crippen LogP contribution >= 0.6 is 11.3 Å². The quantitative estimate of drug-likeness (QED) is 0.331. The maximum atomic E-state index is 13.3. The Labute approximate surface area is 191 Å². The van der Waals surface area contributed by atoms with Crippen LogP contribution in [0.5, 0.6) is 11.5 Å². The van der Waals surface area contributed by atoms with Gasteiger partial charge < -0.3 is 9.64 Å². The fourth-order valence-corrected chi connectivity index (χ4v) is 4.42. The van der Waals surface area contributed by atoms with Crippen molar-refractivity contribution < 1.29 is 22.7 Å². The molecule has 0 radical (unpaired) electrons. The van der Waals surface area contributed by atoms with Gasteiger partial charge in [0.25, 0.3) is 5.91 Å². The van der Waals surface area contributed by atoms with Crippen LogP contribution in [0.25, 0.3) is 11.3 Å². The number of fused-ring (bicyclic) bond motifs is 1. The molecule has 8 heteroatoms.